The van der Waals surface area contributed by atoms with Crippen molar-refractivity contribution < 1.29 is 4.79 Å². The summed E-state index contributed by atoms with van der Waals surface area (Å²) in [5.74, 6) is 0.929. The Labute approximate surface area is 179 Å². The van der Waals surface area contributed by atoms with Gasteiger partial charge in [0.1, 0.15) is 10.7 Å². The zero-order valence-corrected chi connectivity index (χ0v) is 17.8. The summed E-state index contributed by atoms with van der Waals surface area (Å²) in [5.41, 5.74) is 2.34. The van der Waals surface area contributed by atoms with Gasteiger partial charge in [-0.3, -0.25) is 14.5 Å². The van der Waals surface area contributed by atoms with Crippen LogP contribution in [0.15, 0.2) is 35.1 Å². The number of aromatic amines is 1. The number of piperidine rings is 1. The first-order chi connectivity index (χ1) is 14.7. The van der Waals surface area contributed by atoms with Crippen molar-refractivity contribution >= 4 is 27.5 Å². The zero-order valence-electron chi connectivity index (χ0n) is 16.9. The summed E-state index contributed by atoms with van der Waals surface area (Å²) in [6.45, 7) is 2.89. The van der Waals surface area contributed by atoms with Crippen LogP contribution in [0.3, 0.4) is 0 Å². The van der Waals surface area contributed by atoms with Crippen LogP contribution in [0.5, 0.6) is 0 Å². The number of nitrogens with zero attached hydrogens (tertiary/aromatic N) is 2. The second-order valence-electron chi connectivity index (χ2n) is 8.30. The van der Waals surface area contributed by atoms with E-state index >= 15 is 0 Å². The molecular formula is C23H26N4O2S. The molecule has 0 unspecified atom stereocenters. The quantitative estimate of drug-likeness (QED) is 0.663. The molecule has 1 fully saturated rings. The van der Waals surface area contributed by atoms with Crippen LogP contribution in [0, 0.1) is 5.92 Å². The summed E-state index contributed by atoms with van der Waals surface area (Å²) in [4.78, 5) is 37.4. The molecule has 156 valence electrons. The zero-order chi connectivity index (χ0) is 20.5. The predicted octanol–water partition coefficient (Wildman–Crippen LogP) is 3.00. The molecule has 1 aliphatic heterocycles. The number of H-pyrrole nitrogens is 1. The number of carbonyl (C=O) groups excluding carboxylic acids is 1. The number of hydrogen-bond acceptors (Lipinski definition) is 5. The number of aryl methyl sites for hydroxylation is 2. The lowest BCUT2D eigenvalue weighted by molar-refractivity contribution is -0.126. The van der Waals surface area contributed by atoms with Gasteiger partial charge in [0.05, 0.1) is 11.9 Å². The third-order valence-corrected chi connectivity index (χ3v) is 7.45. The summed E-state index contributed by atoms with van der Waals surface area (Å²) < 4.78 is 0. The van der Waals surface area contributed by atoms with E-state index in [1.165, 1.54) is 10.4 Å². The number of amides is 1. The smallest absolute Gasteiger partial charge is 0.259 e. The molecule has 0 radical (unpaired) electrons. The van der Waals surface area contributed by atoms with Gasteiger partial charge in [0.25, 0.3) is 5.56 Å². The highest BCUT2D eigenvalue weighted by Crippen LogP contribution is 2.34. The first-order valence-electron chi connectivity index (χ1n) is 10.7. The molecule has 2 aliphatic rings. The lowest BCUT2D eigenvalue weighted by atomic mass is 9.96. The van der Waals surface area contributed by atoms with Crippen LogP contribution in [-0.2, 0) is 30.7 Å². The maximum Gasteiger partial charge on any atom is 0.259 e. The topological polar surface area (TPSA) is 78.1 Å². The molecule has 1 saturated heterocycles. The molecule has 30 heavy (non-hydrogen) atoms. The van der Waals surface area contributed by atoms with Gasteiger partial charge in [-0.25, -0.2) is 4.98 Å². The van der Waals surface area contributed by atoms with E-state index in [9.17, 15) is 9.59 Å². The Morgan fingerprint density at radius 3 is 2.80 bits per heavy atom. The summed E-state index contributed by atoms with van der Waals surface area (Å²) in [7, 11) is 0. The van der Waals surface area contributed by atoms with Crippen molar-refractivity contribution in [3.05, 3.63) is 62.5 Å². The van der Waals surface area contributed by atoms with E-state index in [1.807, 2.05) is 30.3 Å². The molecule has 1 aromatic carbocycles. The summed E-state index contributed by atoms with van der Waals surface area (Å²) in [6, 6.07) is 10.00. The number of rotatable bonds is 5. The van der Waals surface area contributed by atoms with E-state index < -0.39 is 0 Å². The van der Waals surface area contributed by atoms with E-state index in [1.54, 1.807) is 11.3 Å². The Kier molecular flexibility index (Phi) is 5.39. The molecule has 0 saturated carbocycles. The van der Waals surface area contributed by atoms with Gasteiger partial charge in [0.15, 0.2) is 0 Å². The van der Waals surface area contributed by atoms with Crippen molar-refractivity contribution in [2.75, 3.05) is 13.1 Å². The van der Waals surface area contributed by atoms with Crippen molar-refractivity contribution in [1.82, 2.24) is 20.2 Å². The molecule has 7 heteroatoms. The van der Waals surface area contributed by atoms with E-state index in [2.05, 4.69) is 15.2 Å². The predicted molar refractivity (Wildman–Crippen MR) is 119 cm³/mol. The molecule has 0 atom stereocenters. The minimum Gasteiger partial charge on any atom is -0.352 e. The highest BCUT2D eigenvalue weighted by atomic mass is 32.1. The molecule has 1 aliphatic carbocycles. The molecule has 2 aromatic heterocycles. The molecule has 3 heterocycles. The van der Waals surface area contributed by atoms with Gasteiger partial charge in [-0.1, -0.05) is 30.3 Å². The number of likely N-dealkylation sites (tertiary alicyclic amines) is 1. The van der Waals surface area contributed by atoms with Crippen molar-refractivity contribution in [2.45, 2.75) is 45.2 Å². The summed E-state index contributed by atoms with van der Waals surface area (Å²) >= 11 is 1.68. The Morgan fingerprint density at radius 2 is 2.00 bits per heavy atom. The van der Waals surface area contributed by atoms with Gasteiger partial charge in [0.2, 0.25) is 5.91 Å². The van der Waals surface area contributed by atoms with Gasteiger partial charge in [-0.05, 0) is 56.3 Å². The monoisotopic (exact) mass is 422 g/mol. The SMILES string of the molecule is O=C(NCc1ccccc1)C1CCN(Cc2nc3sc4c(c3c(=O)[nH]2)CCC4)CC1. The normalized spacial score (nSPS) is 17.3. The minimum atomic E-state index is 0.00424. The highest BCUT2D eigenvalue weighted by molar-refractivity contribution is 7.18. The standard InChI is InChI=1S/C23H26N4O2S/c28-21(24-13-15-5-2-1-3-6-15)16-9-11-27(12-10-16)14-19-25-22(29)20-17-7-4-8-18(17)30-23(20)26-19/h1-3,5-6,16H,4,7-14H2,(H,24,28)(H,25,26,29). The van der Waals surface area contributed by atoms with Gasteiger partial charge in [0, 0.05) is 17.3 Å². The van der Waals surface area contributed by atoms with E-state index in [0.29, 0.717) is 13.1 Å². The van der Waals surface area contributed by atoms with Gasteiger partial charge >= 0.3 is 0 Å². The van der Waals surface area contributed by atoms with E-state index in [4.69, 9.17) is 4.98 Å². The fraction of sp³-hybridized carbons (Fsp3) is 0.435. The third-order valence-electron chi connectivity index (χ3n) is 6.27. The molecule has 6 nitrogen and oxygen atoms in total. The lowest BCUT2D eigenvalue weighted by Crippen LogP contribution is -2.40. The van der Waals surface area contributed by atoms with E-state index in [0.717, 1.165) is 66.8 Å². The molecule has 3 aromatic rings. The Hall–Kier alpha value is -2.51. The molecule has 0 bridgehead atoms. The Balaban J connectivity index is 1.17. The summed E-state index contributed by atoms with van der Waals surface area (Å²) in [6.07, 6.45) is 4.89. The lowest BCUT2D eigenvalue weighted by Gasteiger charge is -2.30. The van der Waals surface area contributed by atoms with Crippen LogP contribution in [0.1, 0.15) is 41.1 Å². The molecule has 2 N–H and O–H groups in total. The summed E-state index contributed by atoms with van der Waals surface area (Å²) in [5, 5.41) is 3.87. The van der Waals surface area contributed by atoms with Gasteiger partial charge < -0.3 is 10.3 Å². The fourth-order valence-electron chi connectivity index (χ4n) is 4.62. The van der Waals surface area contributed by atoms with Crippen molar-refractivity contribution in [3.63, 3.8) is 0 Å². The molecule has 0 spiro atoms. The van der Waals surface area contributed by atoms with Crippen LogP contribution in [0.4, 0.5) is 0 Å². The van der Waals surface area contributed by atoms with Crippen molar-refractivity contribution in [1.29, 1.82) is 0 Å². The number of thiophene rings is 1. The van der Waals surface area contributed by atoms with Crippen LogP contribution in [0.25, 0.3) is 10.2 Å². The van der Waals surface area contributed by atoms with Crippen LogP contribution in [-0.4, -0.2) is 33.9 Å². The third kappa shape index (κ3) is 3.91. The molecule has 1 amide bonds. The number of fused-ring (bicyclic) bond motifs is 3. The minimum absolute atomic E-state index is 0.00424. The van der Waals surface area contributed by atoms with E-state index in [-0.39, 0.29) is 17.4 Å². The number of nitrogens with one attached hydrogen (secondary N) is 2. The van der Waals surface area contributed by atoms with Crippen molar-refractivity contribution in [3.8, 4) is 0 Å². The highest BCUT2D eigenvalue weighted by Gasteiger charge is 2.26. The molecule has 5 rings (SSSR count). The Morgan fingerprint density at radius 1 is 1.20 bits per heavy atom. The average molecular weight is 423 g/mol. The first-order valence-corrected chi connectivity index (χ1v) is 11.6. The average Bonchev–Trinajstić information content (AvgIpc) is 3.34. The largest absolute Gasteiger partial charge is 0.352 e. The number of aromatic nitrogens is 2. The molecular weight excluding hydrogens is 396 g/mol. The fourth-order valence-corrected chi connectivity index (χ4v) is 5.90. The second-order valence-corrected chi connectivity index (χ2v) is 9.39. The number of benzene rings is 1. The van der Waals surface area contributed by atoms with Gasteiger partial charge in [-0.15, -0.1) is 11.3 Å². The van der Waals surface area contributed by atoms with Gasteiger partial charge in [-0.2, -0.15) is 0 Å². The maximum absolute atomic E-state index is 12.6. The van der Waals surface area contributed by atoms with Crippen LogP contribution >= 0.6 is 11.3 Å². The van der Waals surface area contributed by atoms with Crippen LogP contribution in [0.2, 0.25) is 0 Å². The Bertz CT molecular complexity index is 1110. The number of hydrogen-bond donors (Lipinski definition) is 2. The van der Waals surface area contributed by atoms with Crippen LogP contribution < -0.4 is 10.9 Å². The number of carbonyl (C=O) groups is 1. The maximum atomic E-state index is 12.6. The first kappa shape index (κ1) is 19.5. The van der Waals surface area contributed by atoms with Crippen molar-refractivity contribution in [2.24, 2.45) is 5.92 Å². The second kappa shape index (κ2) is 8.32.